The van der Waals surface area contributed by atoms with Crippen LogP contribution in [-0.4, -0.2) is 25.2 Å². The van der Waals surface area contributed by atoms with Crippen LogP contribution in [0.15, 0.2) is 12.4 Å². The van der Waals surface area contributed by atoms with Crippen LogP contribution in [0.25, 0.3) is 0 Å². The molecule has 1 fully saturated rings. The molecule has 0 spiro atoms. The Hall–Kier alpha value is -1.25. The van der Waals surface area contributed by atoms with Crippen molar-refractivity contribution < 1.29 is 4.74 Å². The molecule has 0 aliphatic heterocycles. The van der Waals surface area contributed by atoms with Gasteiger partial charge in [0, 0.05) is 19.7 Å². The van der Waals surface area contributed by atoms with Crippen LogP contribution in [0.1, 0.15) is 38.2 Å². The van der Waals surface area contributed by atoms with E-state index in [1.165, 1.54) is 18.4 Å². The molecule has 0 unspecified atom stereocenters. The summed E-state index contributed by atoms with van der Waals surface area (Å²) in [6.45, 7) is 4.39. The van der Waals surface area contributed by atoms with Gasteiger partial charge in [-0.1, -0.05) is 13.8 Å². The van der Waals surface area contributed by atoms with Crippen LogP contribution in [0.4, 0.5) is 5.69 Å². The van der Waals surface area contributed by atoms with Crippen molar-refractivity contribution in [2.75, 3.05) is 19.0 Å². The number of rotatable bonds is 4. The minimum atomic E-state index is 0.428. The van der Waals surface area contributed by atoms with Crippen LogP contribution < -0.4 is 9.64 Å². The lowest BCUT2D eigenvalue weighted by Gasteiger charge is -2.22. The molecular weight excluding hydrogens is 200 g/mol. The monoisotopic (exact) mass is 220 g/mol. The molecule has 0 N–H and O–H groups in total. The van der Waals surface area contributed by atoms with Gasteiger partial charge in [-0.2, -0.15) is 0 Å². The Bertz CT molecular complexity index is 370. The lowest BCUT2D eigenvalue weighted by molar-refractivity contribution is 0.297. The van der Waals surface area contributed by atoms with Crippen molar-refractivity contribution in [1.82, 2.24) is 4.98 Å². The first-order valence-corrected chi connectivity index (χ1v) is 5.91. The Morgan fingerprint density at radius 2 is 2.00 bits per heavy atom. The summed E-state index contributed by atoms with van der Waals surface area (Å²) in [7, 11) is 4.09. The van der Waals surface area contributed by atoms with Crippen molar-refractivity contribution in [1.29, 1.82) is 0 Å². The second kappa shape index (κ2) is 4.32. The zero-order valence-electron chi connectivity index (χ0n) is 10.5. The average molecular weight is 220 g/mol. The predicted molar refractivity (Wildman–Crippen MR) is 66.3 cm³/mol. The molecule has 0 amide bonds. The fourth-order valence-electron chi connectivity index (χ4n) is 1.84. The quantitative estimate of drug-likeness (QED) is 0.780. The molecule has 16 heavy (non-hydrogen) atoms. The van der Waals surface area contributed by atoms with Gasteiger partial charge in [0.2, 0.25) is 0 Å². The molecule has 0 radical (unpaired) electrons. The molecule has 3 nitrogen and oxygen atoms in total. The standard InChI is InChI=1S/C13H20N2O/c1-9(2)13-11(15(3)4)7-14-8-12(13)16-10-5-6-10/h7-10H,5-6H2,1-4H3. The average Bonchev–Trinajstić information content (AvgIpc) is 3.00. The highest BCUT2D eigenvalue weighted by Gasteiger charge is 2.26. The van der Waals surface area contributed by atoms with Gasteiger partial charge in [0.25, 0.3) is 0 Å². The minimum Gasteiger partial charge on any atom is -0.488 e. The zero-order chi connectivity index (χ0) is 11.7. The van der Waals surface area contributed by atoms with Gasteiger partial charge in [0.1, 0.15) is 5.75 Å². The molecule has 3 heteroatoms. The van der Waals surface area contributed by atoms with Crippen molar-refractivity contribution >= 4 is 5.69 Å². The molecule has 2 rings (SSSR count). The molecule has 1 saturated carbocycles. The number of nitrogens with zero attached hydrogens (tertiary/aromatic N) is 2. The predicted octanol–water partition coefficient (Wildman–Crippen LogP) is 2.81. The maximum absolute atomic E-state index is 5.92. The normalized spacial score (nSPS) is 15.3. The van der Waals surface area contributed by atoms with Crippen molar-refractivity contribution in [2.24, 2.45) is 0 Å². The number of pyridine rings is 1. The Labute approximate surface area is 97.4 Å². The summed E-state index contributed by atoms with van der Waals surface area (Å²) < 4.78 is 5.92. The van der Waals surface area contributed by atoms with E-state index < -0.39 is 0 Å². The summed E-state index contributed by atoms with van der Waals surface area (Å²) in [5.74, 6) is 1.41. The number of hydrogen-bond acceptors (Lipinski definition) is 3. The largest absolute Gasteiger partial charge is 0.488 e. The molecule has 88 valence electrons. The molecule has 0 bridgehead atoms. The van der Waals surface area contributed by atoms with E-state index in [4.69, 9.17) is 4.74 Å². The molecule has 0 aromatic carbocycles. The third kappa shape index (κ3) is 2.29. The van der Waals surface area contributed by atoms with E-state index >= 15 is 0 Å². The zero-order valence-corrected chi connectivity index (χ0v) is 10.5. The van der Waals surface area contributed by atoms with Crippen LogP contribution in [0.3, 0.4) is 0 Å². The van der Waals surface area contributed by atoms with Crippen LogP contribution in [0.2, 0.25) is 0 Å². The number of ether oxygens (including phenoxy) is 1. The molecule has 0 atom stereocenters. The van der Waals surface area contributed by atoms with E-state index in [1.54, 1.807) is 0 Å². The molecule has 1 aliphatic rings. The fraction of sp³-hybridized carbons (Fsp3) is 0.615. The lowest BCUT2D eigenvalue weighted by atomic mass is 10.0. The number of hydrogen-bond donors (Lipinski definition) is 0. The summed E-state index contributed by atoms with van der Waals surface area (Å²) >= 11 is 0. The van der Waals surface area contributed by atoms with Crippen LogP contribution in [-0.2, 0) is 0 Å². The molecule has 1 aromatic heterocycles. The number of anilines is 1. The number of aromatic nitrogens is 1. The van der Waals surface area contributed by atoms with E-state index in [-0.39, 0.29) is 0 Å². The summed E-state index contributed by atoms with van der Waals surface area (Å²) in [6.07, 6.45) is 6.56. The highest BCUT2D eigenvalue weighted by molar-refractivity contribution is 5.58. The van der Waals surface area contributed by atoms with Crippen LogP contribution in [0, 0.1) is 0 Å². The third-order valence-corrected chi connectivity index (χ3v) is 2.81. The highest BCUT2D eigenvalue weighted by atomic mass is 16.5. The van der Waals surface area contributed by atoms with E-state index in [0.717, 1.165) is 11.4 Å². The highest BCUT2D eigenvalue weighted by Crippen LogP contribution is 2.37. The Morgan fingerprint density at radius 1 is 1.31 bits per heavy atom. The summed E-state index contributed by atoms with van der Waals surface area (Å²) in [6, 6.07) is 0. The topological polar surface area (TPSA) is 25.4 Å². The van der Waals surface area contributed by atoms with Crippen molar-refractivity contribution in [2.45, 2.75) is 38.7 Å². The van der Waals surface area contributed by atoms with Crippen LogP contribution >= 0.6 is 0 Å². The van der Waals surface area contributed by atoms with Gasteiger partial charge in [-0.25, -0.2) is 0 Å². The molecule has 1 aromatic rings. The van der Waals surface area contributed by atoms with Gasteiger partial charge in [-0.15, -0.1) is 0 Å². The van der Waals surface area contributed by atoms with E-state index in [0.29, 0.717) is 12.0 Å². The Balaban J connectivity index is 2.37. The molecule has 1 aliphatic carbocycles. The third-order valence-electron chi connectivity index (χ3n) is 2.81. The van der Waals surface area contributed by atoms with Crippen molar-refractivity contribution in [3.8, 4) is 5.75 Å². The van der Waals surface area contributed by atoms with E-state index in [2.05, 4.69) is 23.7 Å². The van der Waals surface area contributed by atoms with Gasteiger partial charge < -0.3 is 9.64 Å². The first-order valence-electron chi connectivity index (χ1n) is 5.91. The summed E-state index contributed by atoms with van der Waals surface area (Å²) in [5.41, 5.74) is 2.43. The van der Waals surface area contributed by atoms with E-state index in [9.17, 15) is 0 Å². The lowest BCUT2D eigenvalue weighted by Crippen LogP contribution is -2.14. The molecule has 1 heterocycles. The van der Waals surface area contributed by atoms with Gasteiger partial charge in [-0.3, -0.25) is 4.98 Å². The SMILES string of the molecule is CC(C)c1c(OC2CC2)cncc1N(C)C. The first-order chi connectivity index (χ1) is 7.59. The smallest absolute Gasteiger partial charge is 0.143 e. The van der Waals surface area contributed by atoms with Gasteiger partial charge in [-0.05, 0) is 18.8 Å². The van der Waals surface area contributed by atoms with Gasteiger partial charge in [0.15, 0.2) is 0 Å². The summed E-state index contributed by atoms with van der Waals surface area (Å²) in [5, 5.41) is 0. The Kier molecular flexibility index (Phi) is 3.03. The Morgan fingerprint density at radius 3 is 2.50 bits per heavy atom. The fourth-order valence-corrected chi connectivity index (χ4v) is 1.84. The molecule has 0 saturated heterocycles. The second-order valence-corrected chi connectivity index (χ2v) is 4.94. The maximum atomic E-state index is 5.92. The van der Waals surface area contributed by atoms with Crippen molar-refractivity contribution in [3.63, 3.8) is 0 Å². The second-order valence-electron chi connectivity index (χ2n) is 4.94. The van der Waals surface area contributed by atoms with Gasteiger partial charge in [0.05, 0.1) is 24.2 Å². The molecular formula is C13H20N2O. The van der Waals surface area contributed by atoms with Crippen molar-refractivity contribution in [3.05, 3.63) is 18.0 Å². The first kappa shape index (κ1) is 11.2. The van der Waals surface area contributed by atoms with Crippen LogP contribution in [0.5, 0.6) is 5.75 Å². The minimum absolute atomic E-state index is 0.428. The summed E-state index contributed by atoms with van der Waals surface area (Å²) in [4.78, 5) is 6.36. The maximum Gasteiger partial charge on any atom is 0.143 e. The van der Waals surface area contributed by atoms with E-state index in [1.807, 2.05) is 26.5 Å². The van der Waals surface area contributed by atoms with Gasteiger partial charge >= 0.3 is 0 Å².